The first-order chi connectivity index (χ1) is 8.29. The van der Waals surface area contributed by atoms with E-state index in [9.17, 15) is 0 Å². The third kappa shape index (κ3) is 3.51. The fraction of sp³-hybridized carbons (Fsp3) is 0.538. The molecule has 1 aliphatic heterocycles. The second-order valence-electron chi connectivity index (χ2n) is 4.32. The van der Waals surface area contributed by atoms with Crippen molar-refractivity contribution in [1.29, 1.82) is 0 Å². The van der Waals surface area contributed by atoms with Gasteiger partial charge in [-0.2, -0.15) is 0 Å². The third-order valence-corrected chi connectivity index (χ3v) is 3.45. The van der Waals surface area contributed by atoms with E-state index in [-0.39, 0.29) is 0 Å². The molecule has 1 aromatic carbocycles. The molecule has 0 spiro atoms. The molecule has 0 amide bonds. The van der Waals surface area contributed by atoms with Crippen LogP contribution in [0.1, 0.15) is 12.8 Å². The molecule has 4 heteroatoms. The minimum atomic E-state index is 0.743. The number of methoxy groups -OCH3 is 1. The average Bonchev–Trinajstić information content (AvgIpc) is 2.84. The number of nitrogens with zero attached hydrogens (tertiary/aromatic N) is 1. The van der Waals surface area contributed by atoms with E-state index >= 15 is 0 Å². The van der Waals surface area contributed by atoms with Crippen LogP contribution >= 0.6 is 11.6 Å². The Kier molecular flexibility index (Phi) is 4.51. The molecule has 0 atom stereocenters. The first-order valence-electron chi connectivity index (χ1n) is 6.09. The first kappa shape index (κ1) is 12.5. The van der Waals surface area contributed by atoms with Gasteiger partial charge in [-0.3, -0.25) is 0 Å². The van der Waals surface area contributed by atoms with Crippen LogP contribution in [0.5, 0.6) is 5.75 Å². The monoisotopic (exact) mass is 254 g/mol. The second-order valence-corrected chi connectivity index (χ2v) is 4.73. The van der Waals surface area contributed by atoms with E-state index < -0.39 is 0 Å². The van der Waals surface area contributed by atoms with Crippen molar-refractivity contribution in [2.75, 3.05) is 38.6 Å². The zero-order chi connectivity index (χ0) is 12.1. The van der Waals surface area contributed by atoms with Crippen molar-refractivity contribution in [3.05, 3.63) is 23.2 Å². The number of benzene rings is 1. The van der Waals surface area contributed by atoms with E-state index in [0.717, 1.165) is 29.5 Å². The molecule has 0 bridgehead atoms. The van der Waals surface area contributed by atoms with E-state index in [2.05, 4.69) is 10.2 Å². The van der Waals surface area contributed by atoms with Crippen molar-refractivity contribution in [3.8, 4) is 5.75 Å². The number of anilines is 1. The SMILES string of the molecule is COc1ccc(Cl)c(NCCN2CCCC2)c1. The number of hydrogen-bond donors (Lipinski definition) is 1. The first-order valence-corrected chi connectivity index (χ1v) is 6.47. The highest BCUT2D eigenvalue weighted by Gasteiger charge is 2.10. The van der Waals surface area contributed by atoms with Gasteiger partial charge in [0.05, 0.1) is 17.8 Å². The maximum atomic E-state index is 6.12. The van der Waals surface area contributed by atoms with Gasteiger partial charge < -0.3 is 15.0 Å². The topological polar surface area (TPSA) is 24.5 Å². The maximum absolute atomic E-state index is 6.12. The Morgan fingerprint density at radius 1 is 1.35 bits per heavy atom. The maximum Gasteiger partial charge on any atom is 0.121 e. The lowest BCUT2D eigenvalue weighted by atomic mass is 10.3. The van der Waals surface area contributed by atoms with Crippen LogP contribution in [0.4, 0.5) is 5.69 Å². The van der Waals surface area contributed by atoms with E-state index in [0.29, 0.717) is 0 Å². The van der Waals surface area contributed by atoms with E-state index in [1.54, 1.807) is 7.11 Å². The van der Waals surface area contributed by atoms with Crippen LogP contribution in [-0.2, 0) is 0 Å². The van der Waals surface area contributed by atoms with Crippen molar-refractivity contribution in [2.45, 2.75) is 12.8 Å². The molecule has 0 saturated carbocycles. The summed E-state index contributed by atoms with van der Waals surface area (Å²) in [6.07, 6.45) is 2.67. The summed E-state index contributed by atoms with van der Waals surface area (Å²) in [7, 11) is 1.66. The van der Waals surface area contributed by atoms with Gasteiger partial charge in [0.2, 0.25) is 0 Å². The van der Waals surface area contributed by atoms with Gasteiger partial charge in [-0.05, 0) is 38.1 Å². The second kappa shape index (κ2) is 6.12. The molecule has 3 nitrogen and oxygen atoms in total. The molecule has 0 aliphatic carbocycles. The fourth-order valence-corrected chi connectivity index (χ4v) is 2.31. The Balaban J connectivity index is 1.84. The summed E-state index contributed by atoms with van der Waals surface area (Å²) in [6.45, 7) is 4.46. The van der Waals surface area contributed by atoms with Crippen LogP contribution in [0.3, 0.4) is 0 Å². The molecule has 17 heavy (non-hydrogen) atoms. The fourth-order valence-electron chi connectivity index (χ4n) is 2.12. The summed E-state index contributed by atoms with van der Waals surface area (Å²) in [6, 6.07) is 5.67. The molecular weight excluding hydrogens is 236 g/mol. The molecule has 1 saturated heterocycles. The van der Waals surface area contributed by atoms with Gasteiger partial charge in [0.25, 0.3) is 0 Å². The highest BCUT2D eigenvalue weighted by Crippen LogP contribution is 2.26. The number of likely N-dealkylation sites (tertiary alicyclic amines) is 1. The van der Waals surface area contributed by atoms with E-state index in [1.807, 2.05) is 18.2 Å². The molecule has 0 aromatic heterocycles. The lowest BCUT2D eigenvalue weighted by Gasteiger charge is -2.16. The van der Waals surface area contributed by atoms with Gasteiger partial charge in [0.15, 0.2) is 0 Å². The molecule has 0 unspecified atom stereocenters. The Morgan fingerprint density at radius 3 is 2.82 bits per heavy atom. The van der Waals surface area contributed by atoms with Crippen molar-refractivity contribution >= 4 is 17.3 Å². The molecule has 1 N–H and O–H groups in total. The van der Waals surface area contributed by atoms with Crippen molar-refractivity contribution in [3.63, 3.8) is 0 Å². The van der Waals surface area contributed by atoms with Crippen LogP contribution in [0, 0.1) is 0 Å². The Labute approximate surface area is 108 Å². The summed E-state index contributed by atoms with van der Waals surface area (Å²) in [5.41, 5.74) is 0.949. The number of ether oxygens (including phenoxy) is 1. The standard InChI is InChI=1S/C13H19ClN2O/c1-17-11-4-5-12(14)13(10-11)15-6-9-16-7-2-3-8-16/h4-5,10,15H,2-3,6-9H2,1H3. The Morgan fingerprint density at radius 2 is 2.12 bits per heavy atom. The summed E-state index contributed by atoms with van der Waals surface area (Å²) in [5.74, 6) is 0.832. The average molecular weight is 255 g/mol. The summed E-state index contributed by atoms with van der Waals surface area (Å²) in [5, 5.41) is 4.10. The quantitative estimate of drug-likeness (QED) is 0.875. The summed E-state index contributed by atoms with van der Waals surface area (Å²) in [4.78, 5) is 2.47. The molecule has 1 heterocycles. The Bertz CT molecular complexity index is 364. The highest BCUT2D eigenvalue weighted by molar-refractivity contribution is 6.33. The number of halogens is 1. The van der Waals surface area contributed by atoms with Crippen LogP contribution in [-0.4, -0.2) is 38.2 Å². The number of nitrogens with one attached hydrogen (secondary N) is 1. The van der Waals surface area contributed by atoms with Crippen molar-refractivity contribution < 1.29 is 4.74 Å². The zero-order valence-corrected chi connectivity index (χ0v) is 11.0. The zero-order valence-electron chi connectivity index (χ0n) is 10.2. The van der Waals surface area contributed by atoms with Gasteiger partial charge in [-0.25, -0.2) is 0 Å². The van der Waals surface area contributed by atoms with Gasteiger partial charge >= 0.3 is 0 Å². The minimum Gasteiger partial charge on any atom is -0.497 e. The molecule has 94 valence electrons. The summed E-state index contributed by atoms with van der Waals surface area (Å²) >= 11 is 6.12. The number of hydrogen-bond acceptors (Lipinski definition) is 3. The predicted molar refractivity (Wildman–Crippen MR) is 72.2 cm³/mol. The Hall–Kier alpha value is -0.930. The molecule has 1 aliphatic rings. The molecule has 0 radical (unpaired) electrons. The lowest BCUT2D eigenvalue weighted by molar-refractivity contribution is 0.352. The van der Waals surface area contributed by atoms with E-state index in [1.165, 1.54) is 25.9 Å². The van der Waals surface area contributed by atoms with Gasteiger partial charge in [0.1, 0.15) is 5.75 Å². The molecular formula is C13H19ClN2O. The smallest absolute Gasteiger partial charge is 0.121 e. The van der Waals surface area contributed by atoms with Crippen LogP contribution in [0.15, 0.2) is 18.2 Å². The summed E-state index contributed by atoms with van der Waals surface area (Å²) < 4.78 is 5.18. The normalized spacial score (nSPS) is 16.1. The molecule has 1 fully saturated rings. The van der Waals surface area contributed by atoms with Gasteiger partial charge in [-0.1, -0.05) is 11.6 Å². The minimum absolute atomic E-state index is 0.743. The van der Waals surface area contributed by atoms with Crippen LogP contribution < -0.4 is 10.1 Å². The largest absolute Gasteiger partial charge is 0.497 e. The van der Waals surface area contributed by atoms with Gasteiger partial charge in [-0.15, -0.1) is 0 Å². The van der Waals surface area contributed by atoms with Crippen LogP contribution in [0.25, 0.3) is 0 Å². The number of rotatable bonds is 5. The highest BCUT2D eigenvalue weighted by atomic mass is 35.5. The van der Waals surface area contributed by atoms with Crippen molar-refractivity contribution in [1.82, 2.24) is 4.90 Å². The third-order valence-electron chi connectivity index (χ3n) is 3.12. The van der Waals surface area contributed by atoms with Gasteiger partial charge in [0, 0.05) is 19.2 Å². The molecule has 2 rings (SSSR count). The molecule has 1 aromatic rings. The van der Waals surface area contributed by atoms with Crippen LogP contribution in [0.2, 0.25) is 5.02 Å². The lowest BCUT2D eigenvalue weighted by Crippen LogP contribution is -2.26. The predicted octanol–water partition coefficient (Wildman–Crippen LogP) is 2.86. The van der Waals surface area contributed by atoms with Crippen molar-refractivity contribution in [2.24, 2.45) is 0 Å². The van der Waals surface area contributed by atoms with E-state index in [4.69, 9.17) is 16.3 Å².